The molecule has 1 N–H and O–H groups in total. The summed E-state index contributed by atoms with van der Waals surface area (Å²) < 4.78 is 5.46. The van der Waals surface area contributed by atoms with Crippen LogP contribution in [0.5, 0.6) is 0 Å². The van der Waals surface area contributed by atoms with E-state index in [2.05, 4.69) is 12.2 Å². The Kier molecular flexibility index (Phi) is 6.01. The molecule has 0 saturated heterocycles. The third-order valence-electron chi connectivity index (χ3n) is 3.54. The molecule has 1 heterocycles. The number of carbonyl (C=O) groups is 2. The van der Waals surface area contributed by atoms with E-state index in [0.717, 1.165) is 18.6 Å². The van der Waals surface area contributed by atoms with Crippen molar-refractivity contribution < 1.29 is 19.4 Å². The molecule has 118 valence electrons. The summed E-state index contributed by atoms with van der Waals surface area (Å²) in [7, 11) is 0. The molecule has 0 unspecified atom stereocenters. The van der Waals surface area contributed by atoms with Gasteiger partial charge >= 0.3 is 5.97 Å². The number of aliphatic carboxylic acids is 1. The average Bonchev–Trinajstić information content (AvgIpc) is 2.52. The lowest BCUT2D eigenvalue weighted by molar-refractivity contribution is -0.137. The second kappa shape index (κ2) is 8.22. The normalized spacial score (nSPS) is 16.8. The molecular formula is C17H21NO4. The van der Waals surface area contributed by atoms with Crippen molar-refractivity contribution in [1.82, 2.24) is 4.90 Å². The van der Waals surface area contributed by atoms with Gasteiger partial charge in [0, 0.05) is 25.5 Å². The number of amides is 1. The van der Waals surface area contributed by atoms with Crippen LogP contribution in [0.25, 0.3) is 0 Å². The number of ether oxygens (including phenoxy) is 1. The molecule has 0 aromatic heterocycles. The molecule has 0 atom stereocenters. The molecular weight excluding hydrogens is 282 g/mol. The van der Waals surface area contributed by atoms with Gasteiger partial charge in [0.15, 0.2) is 0 Å². The van der Waals surface area contributed by atoms with Gasteiger partial charge in [0.25, 0.3) is 0 Å². The molecule has 0 aromatic carbocycles. The molecule has 0 spiro atoms. The van der Waals surface area contributed by atoms with Crippen molar-refractivity contribution in [2.45, 2.75) is 44.9 Å². The number of carboxylic acids is 1. The van der Waals surface area contributed by atoms with Gasteiger partial charge in [-0.25, -0.2) is 0 Å². The van der Waals surface area contributed by atoms with Gasteiger partial charge < -0.3 is 9.84 Å². The molecule has 0 fully saturated rings. The Balaban J connectivity index is 1.82. The summed E-state index contributed by atoms with van der Waals surface area (Å²) in [5.41, 5.74) is 1.29. The first-order valence-electron chi connectivity index (χ1n) is 7.57. The molecule has 1 aliphatic carbocycles. The highest BCUT2D eigenvalue weighted by Crippen LogP contribution is 2.23. The highest BCUT2D eigenvalue weighted by Gasteiger charge is 2.15. The summed E-state index contributed by atoms with van der Waals surface area (Å²) in [6.07, 6.45) is 15.4. The fraction of sp³-hybridized carbons (Fsp3) is 0.412. The largest absolute Gasteiger partial charge is 0.481 e. The second-order valence-electron chi connectivity index (χ2n) is 5.37. The van der Waals surface area contributed by atoms with Crippen molar-refractivity contribution in [3.05, 3.63) is 48.2 Å². The molecule has 1 amide bonds. The summed E-state index contributed by atoms with van der Waals surface area (Å²) in [5.74, 6) is -0.112. The summed E-state index contributed by atoms with van der Waals surface area (Å²) >= 11 is 0. The monoisotopic (exact) mass is 303 g/mol. The number of rotatable bonds is 7. The first-order valence-corrected chi connectivity index (χ1v) is 7.57. The fourth-order valence-corrected chi connectivity index (χ4v) is 2.36. The van der Waals surface area contributed by atoms with Crippen LogP contribution in [0.2, 0.25) is 0 Å². The highest BCUT2D eigenvalue weighted by atomic mass is 16.5. The average molecular weight is 303 g/mol. The molecule has 22 heavy (non-hydrogen) atoms. The number of unbranched alkanes of at least 4 members (excludes halogenated alkanes) is 1. The lowest BCUT2D eigenvalue weighted by Crippen LogP contribution is -2.22. The topological polar surface area (TPSA) is 66.8 Å². The van der Waals surface area contributed by atoms with Crippen molar-refractivity contribution in [3.63, 3.8) is 0 Å². The van der Waals surface area contributed by atoms with Crippen LogP contribution in [0.3, 0.4) is 0 Å². The van der Waals surface area contributed by atoms with Crippen molar-refractivity contribution in [1.29, 1.82) is 0 Å². The Morgan fingerprint density at radius 2 is 2.09 bits per heavy atom. The Hall–Kier alpha value is -2.30. The number of carboxylic acid groups (broad SMARTS) is 1. The van der Waals surface area contributed by atoms with E-state index in [1.165, 1.54) is 16.7 Å². The van der Waals surface area contributed by atoms with E-state index in [0.29, 0.717) is 25.7 Å². The van der Waals surface area contributed by atoms with Gasteiger partial charge in [0.2, 0.25) is 5.91 Å². The van der Waals surface area contributed by atoms with Crippen LogP contribution >= 0.6 is 0 Å². The maximum Gasteiger partial charge on any atom is 0.303 e. The highest BCUT2D eigenvalue weighted by molar-refractivity contribution is 5.78. The molecule has 2 rings (SSSR count). The molecule has 2 aliphatic rings. The number of allylic oxidation sites excluding steroid dienone is 4. The Morgan fingerprint density at radius 3 is 2.82 bits per heavy atom. The van der Waals surface area contributed by atoms with Gasteiger partial charge in [-0.2, -0.15) is 0 Å². The number of hydrogen-bond acceptors (Lipinski definition) is 3. The van der Waals surface area contributed by atoms with E-state index in [-0.39, 0.29) is 12.3 Å². The first kappa shape index (κ1) is 16.1. The number of carbonyl (C=O) groups excluding carboxylic acids is 1. The molecule has 5 heteroatoms. The lowest BCUT2D eigenvalue weighted by Gasteiger charge is -2.21. The zero-order valence-electron chi connectivity index (χ0n) is 12.5. The third-order valence-corrected chi connectivity index (χ3v) is 3.54. The Morgan fingerprint density at radius 1 is 1.27 bits per heavy atom. The van der Waals surface area contributed by atoms with Crippen LogP contribution in [0.1, 0.15) is 44.9 Å². The Labute approximate surface area is 130 Å². The molecule has 0 aromatic rings. The fourth-order valence-electron chi connectivity index (χ4n) is 2.36. The van der Waals surface area contributed by atoms with Crippen molar-refractivity contribution in [2.75, 3.05) is 0 Å². The van der Waals surface area contributed by atoms with E-state index >= 15 is 0 Å². The molecule has 1 aliphatic heterocycles. The smallest absolute Gasteiger partial charge is 0.303 e. The molecule has 5 nitrogen and oxygen atoms in total. The van der Waals surface area contributed by atoms with Gasteiger partial charge in [-0.3, -0.25) is 14.5 Å². The summed E-state index contributed by atoms with van der Waals surface area (Å²) in [6.45, 7) is 0. The van der Waals surface area contributed by atoms with Crippen LogP contribution in [-0.4, -0.2) is 21.9 Å². The SMILES string of the molecule is O=C(O)CCCCC(=O)N1C=COC(CC2=CC=CCC2)=C1. The van der Waals surface area contributed by atoms with Crippen LogP contribution < -0.4 is 0 Å². The lowest BCUT2D eigenvalue weighted by atomic mass is 10.0. The van der Waals surface area contributed by atoms with Crippen LogP contribution in [-0.2, 0) is 14.3 Å². The number of hydrogen-bond donors (Lipinski definition) is 1. The van der Waals surface area contributed by atoms with Crippen molar-refractivity contribution >= 4 is 11.9 Å². The van der Waals surface area contributed by atoms with Crippen molar-refractivity contribution in [3.8, 4) is 0 Å². The van der Waals surface area contributed by atoms with Gasteiger partial charge in [-0.1, -0.05) is 23.8 Å². The van der Waals surface area contributed by atoms with E-state index in [1.807, 2.05) is 6.08 Å². The third kappa shape index (κ3) is 5.24. The van der Waals surface area contributed by atoms with E-state index in [1.54, 1.807) is 12.4 Å². The first-order chi connectivity index (χ1) is 10.6. The quantitative estimate of drug-likeness (QED) is 0.731. The minimum Gasteiger partial charge on any atom is -0.481 e. The van der Waals surface area contributed by atoms with E-state index in [4.69, 9.17) is 9.84 Å². The maximum atomic E-state index is 12.1. The van der Waals surface area contributed by atoms with Gasteiger partial charge in [-0.15, -0.1) is 0 Å². The van der Waals surface area contributed by atoms with Crippen molar-refractivity contribution in [2.24, 2.45) is 0 Å². The predicted octanol–water partition coefficient (Wildman–Crippen LogP) is 3.47. The number of nitrogens with zero attached hydrogens (tertiary/aromatic N) is 1. The maximum absolute atomic E-state index is 12.1. The standard InChI is InChI=1S/C17H21NO4/c19-16(8-4-5-9-17(20)21)18-10-11-22-15(13-18)12-14-6-2-1-3-7-14/h1-2,6,10-11,13H,3-5,7-9,12H2,(H,20,21). The molecule has 0 saturated carbocycles. The van der Waals surface area contributed by atoms with Crippen LogP contribution in [0, 0.1) is 0 Å². The minimum absolute atomic E-state index is 0.0417. The second-order valence-corrected chi connectivity index (χ2v) is 5.37. The summed E-state index contributed by atoms with van der Waals surface area (Å²) in [4.78, 5) is 24.0. The zero-order valence-corrected chi connectivity index (χ0v) is 12.5. The Bertz CT molecular complexity index is 543. The van der Waals surface area contributed by atoms with E-state index < -0.39 is 5.97 Å². The summed E-state index contributed by atoms with van der Waals surface area (Å²) in [5, 5.41) is 8.58. The van der Waals surface area contributed by atoms with Gasteiger partial charge in [0.1, 0.15) is 12.0 Å². The predicted molar refractivity (Wildman–Crippen MR) is 82.3 cm³/mol. The van der Waals surface area contributed by atoms with E-state index in [9.17, 15) is 9.59 Å². The van der Waals surface area contributed by atoms with Crippen LogP contribution in [0.15, 0.2) is 48.2 Å². The minimum atomic E-state index is -0.823. The summed E-state index contributed by atoms with van der Waals surface area (Å²) in [6, 6.07) is 0. The zero-order chi connectivity index (χ0) is 15.8. The van der Waals surface area contributed by atoms with Crippen LogP contribution in [0.4, 0.5) is 0 Å². The molecule has 0 radical (unpaired) electrons. The van der Waals surface area contributed by atoms with Gasteiger partial charge in [-0.05, 0) is 25.7 Å². The molecule has 0 bridgehead atoms. The van der Waals surface area contributed by atoms with Gasteiger partial charge in [0.05, 0.1) is 6.20 Å².